The second kappa shape index (κ2) is 6.18. The number of esters is 1. The summed E-state index contributed by atoms with van der Waals surface area (Å²) in [5.74, 6) is -1.40. The highest BCUT2D eigenvalue weighted by Crippen LogP contribution is 2.31. The Morgan fingerprint density at radius 1 is 1.35 bits per heavy atom. The van der Waals surface area contributed by atoms with E-state index in [0.717, 1.165) is 25.3 Å². The van der Waals surface area contributed by atoms with E-state index in [4.69, 9.17) is 0 Å². The zero-order valence-corrected chi connectivity index (χ0v) is 10.6. The summed E-state index contributed by atoms with van der Waals surface area (Å²) < 4.78 is 41.8. The molecule has 20 heavy (non-hydrogen) atoms. The standard InChI is InChI=1S/C12H11F3N2O3/c1-7(18)10(11(19)20-2)17-16-9-5-3-4-8(6-9)12(13,14)15/h3-6,18H,1-2H3. The molecule has 0 spiro atoms. The lowest BCUT2D eigenvalue weighted by atomic mass is 10.2. The largest absolute Gasteiger partial charge is 0.510 e. The summed E-state index contributed by atoms with van der Waals surface area (Å²) >= 11 is 0. The van der Waals surface area contributed by atoms with Crippen molar-refractivity contribution in [3.63, 3.8) is 0 Å². The zero-order valence-electron chi connectivity index (χ0n) is 10.6. The van der Waals surface area contributed by atoms with Crippen molar-refractivity contribution in [1.29, 1.82) is 0 Å². The first kappa shape index (κ1) is 15.7. The van der Waals surface area contributed by atoms with Gasteiger partial charge in [0.15, 0.2) is 0 Å². The zero-order chi connectivity index (χ0) is 15.3. The van der Waals surface area contributed by atoms with Crippen molar-refractivity contribution in [1.82, 2.24) is 0 Å². The van der Waals surface area contributed by atoms with Crippen molar-refractivity contribution < 1.29 is 27.8 Å². The van der Waals surface area contributed by atoms with E-state index in [-0.39, 0.29) is 5.69 Å². The molecule has 108 valence electrons. The van der Waals surface area contributed by atoms with Gasteiger partial charge in [0.05, 0.1) is 18.4 Å². The number of allylic oxidation sites excluding steroid dienone is 1. The highest BCUT2D eigenvalue weighted by atomic mass is 19.4. The third-order valence-corrected chi connectivity index (χ3v) is 2.16. The Labute approximate surface area is 112 Å². The predicted octanol–water partition coefficient (Wildman–Crippen LogP) is 3.75. The number of aliphatic hydroxyl groups excluding tert-OH is 1. The summed E-state index contributed by atoms with van der Waals surface area (Å²) in [6.45, 7) is 1.18. The molecule has 0 aromatic heterocycles. The van der Waals surface area contributed by atoms with E-state index in [0.29, 0.717) is 0 Å². The smallest absolute Gasteiger partial charge is 0.416 e. The molecule has 8 heteroatoms. The van der Waals surface area contributed by atoms with E-state index in [1.807, 2.05) is 0 Å². The molecule has 0 aliphatic rings. The summed E-state index contributed by atoms with van der Waals surface area (Å²) in [5, 5.41) is 16.1. The van der Waals surface area contributed by atoms with Gasteiger partial charge in [-0.05, 0) is 25.1 Å². The van der Waals surface area contributed by atoms with Crippen LogP contribution in [0.15, 0.2) is 46.0 Å². The molecule has 0 heterocycles. The van der Waals surface area contributed by atoms with Crippen molar-refractivity contribution in [3.05, 3.63) is 41.3 Å². The summed E-state index contributed by atoms with van der Waals surface area (Å²) in [5.41, 5.74) is -1.48. The Hall–Kier alpha value is -2.38. The maximum absolute atomic E-state index is 12.5. The minimum atomic E-state index is -4.50. The summed E-state index contributed by atoms with van der Waals surface area (Å²) in [6.07, 6.45) is -4.50. The van der Waals surface area contributed by atoms with E-state index >= 15 is 0 Å². The third-order valence-electron chi connectivity index (χ3n) is 2.16. The Morgan fingerprint density at radius 3 is 2.50 bits per heavy atom. The lowest BCUT2D eigenvalue weighted by molar-refractivity contribution is -0.138. The fourth-order valence-electron chi connectivity index (χ4n) is 1.21. The van der Waals surface area contributed by atoms with Crippen molar-refractivity contribution >= 4 is 11.7 Å². The van der Waals surface area contributed by atoms with Gasteiger partial charge in [-0.25, -0.2) is 4.79 Å². The molecule has 5 nitrogen and oxygen atoms in total. The number of alkyl halides is 3. The van der Waals surface area contributed by atoms with Crippen LogP contribution in [-0.4, -0.2) is 18.2 Å². The molecule has 0 unspecified atom stereocenters. The number of carbonyl (C=O) groups is 1. The number of carbonyl (C=O) groups excluding carboxylic acids is 1. The van der Waals surface area contributed by atoms with E-state index < -0.39 is 29.2 Å². The van der Waals surface area contributed by atoms with Gasteiger partial charge in [0, 0.05) is 0 Å². The Kier molecular flexibility index (Phi) is 4.84. The first-order valence-corrected chi connectivity index (χ1v) is 5.33. The van der Waals surface area contributed by atoms with E-state index in [1.165, 1.54) is 13.0 Å². The minimum Gasteiger partial charge on any atom is -0.510 e. The van der Waals surface area contributed by atoms with Crippen LogP contribution in [0.5, 0.6) is 0 Å². The molecule has 0 atom stereocenters. The summed E-state index contributed by atoms with van der Waals surface area (Å²) in [4.78, 5) is 11.2. The molecule has 1 aromatic carbocycles. The Bertz CT molecular complexity index is 561. The Morgan fingerprint density at radius 2 is 2.00 bits per heavy atom. The van der Waals surface area contributed by atoms with Crippen LogP contribution in [0.25, 0.3) is 0 Å². The fourth-order valence-corrected chi connectivity index (χ4v) is 1.21. The number of methoxy groups -OCH3 is 1. The number of nitrogens with zero attached hydrogens (tertiary/aromatic N) is 2. The molecule has 0 radical (unpaired) electrons. The number of aliphatic hydroxyl groups is 1. The maximum Gasteiger partial charge on any atom is 0.416 e. The van der Waals surface area contributed by atoms with Gasteiger partial charge in [0.25, 0.3) is 0 Å². The third kappa shape index (κ3) is 4.08. The average molecular weight is 288 g/mol. The maximum atomic E-state index is 12.5. The second-order valence-electron chi connectivity index (χ2n) is 3.67. The van der Waals surface area contributed by atoms with Gasteiger partial charge >= 0.3 is 12.1 Å². The van der Waals surface area contributed by atoms with Crippen LogP contribution in [0.3, 0.4) is 0 Å². The molecular weight excluding hydrogens is 277 g/mol. The number of benzene rings is 1. The molecule has 0 aliphatic heterocycles. The summed E-state index contributed by atoms with van der Waals surface area (Å²) in [7, 11) is 1.07. The van der Waals surface area contributed by atoms with Gasteiger partial charge in [-0.15, -0.1) is 5.11 Å². The lowest BCUT2D eigenvalue weighted by Gasteiger charge is -2.06. The first-order valence-electron chi connectivity index (χ1n) is 5.33. The van der Waals surface area contributed by atoms with E-state index in [2.05, 4.69) is 15.0 Å². The van der Waals surface area contributed by atoms with Crippen molar-refractivity contribution in [2.75, 3.05) is 7.11 Å². The van der Waals surface area contributed by atoms with Gasteiger partial charge in [-0.3, -0.25) is 0 Å². The quantitative estimate of drug-likeness (QED) is 0.398. The molecule has 0 aliphatic carbocycles. The molecular formula is C12H11F3N2O3. The monoisotopic (exact) mass is 288 g/mol. The number of hydrogen-bond acceptors (Lipinski definition) is 5. The first-order chi connectivity index (χ1) is 9.25. The van der Waals surface area contributed by atoms with E-state index in [9.17, 15) is 23.1 Å². The number of azo groups is 1. The second-order valence-corrected chi connectivity index (χ2v) is 3.67. The van der Waals surface area contributed by atoms with Gasteiger partial charge in [-0.2, -0.15) is 18.3 Å². The number of rotatable bonds is 3. The normalized spacial score (nSPS) is 13.2. The van der Waals surface area contributed by atoms with Gasteiger partial charge in [0.1, 0.15) is 5.76 Å². The van der Waals surface area contributed by atoms with Gasteiger partial charge < -0.3 is 9.84 Å². The SMILES string of the molecule is COC(=O)C(N=Nc1cccc(C(F)(F)F)c1)=C(C)O. The van der Waals surface area contributed by atoms with Crippen molar-refractivity contribution in [2.45, 2.75) is 13.1 Å². The molecule has 0 bridgehead atoms. The topological polar surface area (TPSA) is 71.2 Å². The molecule has 1 aromatic rings. The van der Waals surface area contributed by atoms with Crippen LogP contribution in [-0.2, 0) is 15.7 Å². The predicted molar refractivity (Wildman–Crippen MR) is 63.3 cm³/mol. The van der Waals surface area contributed by atoms with Crippen molar-refractivity contribution in [3.8, 4) is 0 Å². The highest BCUT2D eigenvalue weighted by molar-refractivity contribution is 5.88. The van der Waals surface area contributed by atoms with Gasteiger partial charge in [0.2, 0.25) is 5.70 Å². The average Bonchev–Trinajstić information content (AvgIpc) is 2.37. The van der Waals surface area contributed by atoms with Gasteiger partial charge in [-0.1, -0.05) is 6.07 Å². The van der Waals surface area contributed by atoms with Crippen LogP contribution in [0.2, 0.25) is 0 Å². The minimum absolute atomic E-state index is 0.109. The summed E-state index contributed by atoms with van der Waals surface area (Å²) in [6, 6.07) is 4.09. The molecule has 0 fully saturated rings. The van der Waals surface area contributed by atoms with Crippen LogP contribution in [0.4, 0.5) is 18.9 Å². The van der Waals surface area contributed by atoms with Crippen molar-refractivity contribution in [2.24, 2.45) is 10.2 Å². The molecule has 0 saturated carbocycles. The molecule has 0 saturated heterocycles. The molecule has 1 N–H and O–H groups in total. The highest BCUT2D eigenvalue weighted by Gasteiger charge is 2.30. The number of halogens is 3. The molecule has 0 amide bonds. The van der Waals surface area contributed by atoms with Crippen LogP contribution < -0.4 is 0 Å². The number of hydrogen-bond donors (Lipinski definition) is 1. The Balaban J connectivity index is 3.07. The lowest BCUT2D eigenvalue weighted by Crippen LogP contribution is -2.05. The molecule has 1 rings (SSSR count). The van der Waals surface area contributed by atoms with E-state index in [1.54, 1.807) is 0 Å². The van der Waals surface area contributed by atoms with Crippen LogP contribution in [0, 0.1) is 0 Å². The fraction of sp³-hybridized carbons (Fsp3) is 0.250. The van der Waals surface area contributed by atoms with Crippen LogP contribution >= 0.6 is 0 Å². The van der Waals surface area contributed by atoms with Crippen LogP contribution in [0.1, 0.15) is 12.5 Å². The number of ether oxygens (including phenoxy) is 1.